The minimum atomic E-state index is -0.619. The van der Waals surface area contributed by atoms with Crippen LogP contribution in [0.2, 0.25) is 0 Å². The summed E-state index contributed by atoms with van der Waals surface area (Å²) >= 11 is 0. The first-order valence-corrected chi connectivity index (χ1v) is 8.62. The number of nitrogens with one attached hydrogen (secondary N) is 1. The summed E-state index contributed by atoms with van der Waals surface area (Å²) in [7, 11) is 0. The monoisotopic (exact) mass is 371 g/mol. The first-order chi connectivity index (χ1) is 12.8. The van der Waals surface area contributed by atoms with Crippen LogP contribution in [0.4, 0.5) is 4.39 Å². The molecule has 27 heavy (non-hydrogen) atoms. The van der Waals surface area contributed by atoms with Crippen LogP contribution in [0.3, 0.4) is 0 Å². The van der Waals surface area contributed by atoms with E-state index in [2.05, 4.69) is 5.32 Å². The zero-order valence-corrected chi connectivity index (χ0v) is 15.4. The van der Waals surface area contributed by atoms with E-state index < -0.39 is 18.5 Å². The first kappa shape index (κ1) is 20.3. The van der Waals surface area contributed by atoms with E-state index in [1.165, 1.54) is 6.07 Å². The van der Waals surface area contributed by atoms with Crippen molar-refractivity contribution in [3.05, 3.63) is 70.5 Å². The zero-order chi connectivity index (χ0) is 19.8. The van der Waals surface area contributed by atoms with Crippen molar-refractivity contribution in [2.75, 3.05) is 6.61 Å². The third-order valence-electron chi connectivity index (χ3n) is 4.02. The molecule has 1 N–H and O–H groups in total. The van der Waals surface area contributed by atoms with Crippen LogP contribution in [-0.4, -0.2) is 24.3 Å². The minimum absolute atomic E-state index is 0.0200. The van der Waals surface area contributed by atoms with Gasteiger partial charge < -0.3 is 10.1 Å². The number of ketones is 1. The number of carbonyl (C=O) groups is 3. The van der Waals surface area contributed by atoms with Crippen LogP contribution in [0.25, 0.3) is 0 Å². The van der Waals surface area contributed by atoms with Gasteiger partial charge in [-0.05, 0) is 31.0 Å². The average Bonchev–Trinajstić information content (AvgIpc) is 2.66. The molecule has 6 heteroatoms. The first-order valence-electron chi connectivity index (χ1n) is 8.62. The number of ether oxygens (including phenoxy) is 1. The van der Waals surface area contributed by atoms with Crippen molar-refractivity contribution in [3.8, 4) is 0 Å². The molecular weight excluding hydrogens is 349 g/mol. The van der Waals surface area contributed by atoms with Gasteiger partial charge in [0.2, 0.25) is 0 Å². The minimum Gasteiger partial charge on any atom is -0.456 e. The Morgan fingerprint density at radius 3 is 2.37 bits per heavy atom. The maximum Gasteiger partial charge on any atom is 0.306 e. The standard InChI is InChI=1S/C21H22FNO4/c1-14-3-7-17(8-4-14)19(24)9-10-21(26)27-13-20(25)23-12-16-6-5-15(2)18(22)11-16/h3-8,11H,9-10,12-13H2,1-2H3,(H,23,25). The molecule has 142 valence electrons. The Kier molecular flexibility index (Phi) is 7.23. The number of hydrogen-bond acceptors (Lipinski definition) is 4. The highest BCUT2D eigenvalue weighted by atomic mass is 19.1. The number of amides is 1. The summed E-state index contributed by atoms with van der Waals surface area (Å²) < 4.78 is 18.3. The van der Waals surface area contributed by atoms with E-state index >= 15 is 0 Å². The molecule has 0 saturated carbocycles. The number of halogens is 1. The van der Waals surface area contributed by atoms with Gasteiger partial charge in [-0.2, -0.15) is 0 Å². The molecular formula is C21H22FNO4. The highest BCUT2D eigenvalue weighted by Crippen LogP contribution is 2.09. The lowest BCUT2D eigenvalue weighted by Crippen LogP contribution is -2.28. The van der Waals surface area contributed by atoms with Gasteiger partial charge in [0, 0.05) is 18.5 Å². The molecule has 0 spiro atoms. The lowest BCUT2D eigenvalue weighted by atomic mass is 10.1. The molecule has 0 aliphatic rings. The van der Waals surface area contributed by atoms with Gasteiger partial charge in [0.25, 0.3) is 5.91 Å². The molecule has 0 fully saturated rings. The van der Waals surface area contributed by atoms with E-state index in [0.717, 1.165) is 5.56 Å². The van der Waals surface area contributed by atoms with Crippen LogP contribution in [0.15, 0.2) is 42.5 Å². The molecule has 1 amide bonds. The molecule has 0 aliphatic carbocycles. The summed E-state index contributed by atoms with van der Waals surface area (Å²) in [5.41, 5.74) is 2.72. The Balaban J connectivity index is 1.68. The lowest BCUT2D eigenvalue weighted by molar-refractivity contribution is -0.148. The largest absolute Gasteiger partial charge is 0.456 e. The smallest absolute Gasteiger partial charge is 0.306 e. The third kappa shape index (κ3) is 6.66. The number of aryl methyl sites for hydroxylation is 2. The Morgan fingerprint density at radius 1 is 1.00 bits per heavy atom. The molecule has 0 atom stereocenters. The average molecular weight is 371 g/mol. The summed E-state index contributed by atoms with van der Waals surface area (Å²) in [4.78, 5) is 35.4. The highest BCUT2D eigenvalue weighted by Gasteiger charge is 2.12. The highest BCUT2D eigenvalue weighted by molar-refractivity contribution is 5.97. The topological polar surface area (TPSA) is 72.5 Å². The van der Waals surface area contributed by atoms with Crippen molar-refractivity contribution < 1.29 is 23.5 Å². The number of rotatable bonds is 8. The molecule has 2 aromatic rings. The quantitative estimate of drug-likeness (QED) is 0.571. The molecule has 0 saturated heterocycles. The van der Waals surface area contributed by atoms with Gasteiger partial charge in [-0.15, -0.1) is 0 Å². The second-order valence-corrected chi connectivity index (χ2v) is 6.31. The van der Waals surface area contributed by atoms with E-state index in [4.69, 9.17) is 4.74 Å². The fourth-order valence-electron chi connectivity index (χ4n) is 2.32. The van der Waals surface area contributed by atoms with E-state index in [1.54, 1.807) is 31.2 Å². The molecule has 0 heterocycles. The fraction of sp³-hybridized carbons (Fsp3) is 0.286. The maximum absolute atomic E-state index is 13.4. The molecule has 0 aromatic heterocycles. The predicted molar refractivity (Wildman–Crippen MR) is 98.7 cm³/mol. The van der Waals surface area contributed by atoms with Crippen LogP contribution in [0.1, 0.15) is 39.9 Å². The molecule has 0 aliphatic heterocycles. The number of hydrogen-bond donors (Lipinski definition) is 1. The van der Waals surface area contributed by atoms with Gasteiger partial charge in [-0.25, -0.2) is 4.39 Å². The Bertz CT molecular complexity index is 831. The number of esters is 1. The van der Waals surface area contributed by atoms with E-state index in [1.807, 2.05) is 19.1 Å². The summed E-state index contributed by atoms with van der Waals surface area (Å²) in [6.07, 6.45) is -0.0741. The van der Waals surface area contributed by atoms with E-state index in [9.17, 15) is 18.8 Å². The lowest BCUT2D eigenvalue weighted by Gasteiger charge is -2.07. The Morgan fingerprint density at radius 2 is 1.70 bits per heavy atom. The third-order valence-corrected chi connectivity index (χ3v) is 4.02. The van der Waals surface area contributed by atoms with Gasteiger partial charge in [-0.1, -0.05) is 42.0 Å². The van der Waals surface area contributed by atoms with Crippen LogP contribution in [0, 0.1) is 19.7 Å². The fourth-order valence-corrected chi connectivity index (χ4v) is 2.32. The Labute approximate surface area is 157 Å². The second kappa shape index (κ2) is 9.62. The predicted octanol–water partition coefficient (Wildman–Crippen LogP) is 3.27. The molecule has 2 rings (SSSR count). The van der Waals surface area contributed by atoms with Gasteiger partial charge in [-0.3, -0.25) is 14.4 Å². The maximum atomic E-state index is 13.4. The van der Waals surface area contributed by atoms with Gasteiger partial charge in [0.05, 0.1) is 6.42 Å². The Hall–Kier alpha value is -3.02. The summed E-state index contributed by atoms with van der Waals surface area (Å²) in [6.45, 7) is 3.28. The molecule has 0 unspecified atom stereocenters. The zero-order valence-electron chi connectivity index (χ0n) is 15.4. The van der Waals surface area contributed by atoms with Crippen molar-refractivity contribution >= 4 is 17.7 Å². The van der Waals surface area contributed by atoms with E-state index in [-0.39, 0.29) is 31.0 Å². The van der Waals surface area contributed by atoms with Crippen molar-refractivity contribution in [1.29, 1.82) is 0 Å². The van der Waals surface area contributed by atoms with Crippen LogP contribution >= 0.6 is 0 Å². The summed E-state index contributed by atoms with van der Waals surface area (Å²) in [5.74, 6) is -1.61. The number of Topliss-reactive ketones (excluding diaryl/α,β-unsaturated/α-hetero) is 1. The molecule has 2 aromatic carbocycles. The van der Waals surface area contributed by atoms with Crippen molar-refractivity contribution in [1.82, 2.24) is 5.32 Å². The number of benzene rings is 2. The van der Waals surface area contributed by atoms with Gasteiger partial charge in [0.1, 0.15) is 5.82 Å². The summed E-state index contributed by atoms with van der Waals surface area (Å²) in [6, 6.07) is 11.8. The molecule has 0 radical (unpaired) electrons. The van der Waals surface area contributed by atoms with Crippen LogP contribution in [0.5, 0.6) is 0 Å². The van der Waals surface area contributed by atoms with Gasteiger partial charge in [0.15, 0.2) is 12.4 Å². The van der Waals surface area contributed by atoms with Crippen molar-refractivity contribution in [2.24, 2.45) is 0 Å². The number of carbonyl (C=O) groups excluding carboxylic acids is 3. The SMILES string of the molecule is Cc1ccc(C(=O)CCC(=O)OCC(=O)NCc2ccc(C)c(F)c2)cc1. The van der Waals surface area contributed by atoms with E-state index in [0.29, 0.717) is 16.7 Å². The van der Waals surface area contributed by atoms with Gasteiger partial charge >= 0.3 is 5.97 Å². The van der Waals surface area contributed by atoms with Crippen molar-refractivity contribution in [2.45, 2.75) is 33.2 Å². The van der Waals surface area contributed by atoms with Crippen LogP contribution in [-0.2, 0) is 20.9 Å². The normalized spacial score (nSPS) is 10.3. The summed E-state index contributed by atoms with van der Waals surface area (Å²) in [5, 5.41) is 2.55. The molecule has 0 bridgehead atoms. The van der Waals surface area contributed by atoms with Crippen molar-refractivity contribution in [3.63, 3.8) is 0 Å². The molecule has 5 nitrogen and oxygen atoms in total. The second-order valence-electron chi connectivity index (χ2n) is 6.31. The van der Waals surface area contributed by atoms with Crippen LogP contribution < -0.4 is 5.32 Å².